The van der Waals surface area contributed by atoms with Gasteiger partial charge in [-0.2, -0.15) is 0 Å². The van der Waals surface area contributed by atoms with E-state index in [1.54, 1.807) is 0 Å². The van der Waals surface area contributed by atoms with Crippen LogP contribution in [0, 0.1) is 22.9 Å². The summed E-state index contributed by atoms with van der Waals surface area (Å²) in [6.45, 7) is 1.48. The van der Waals surface area contributed by atoms with Crippen molar-refractivity contribution in [3.8, 4) is 11.6 Å². The molecule has 1 aromatic heterocycles. The number of ether oxygens (including phenoxy) is 1. The van der Waals surface area contributed by atoms with Crippen LogP contribution in [0.3, 0.4) is 0 Å². The van der Waals surface area contributed by atoms with Gasteiger partial charge in [0.15, 0.2) is 11.6 Å². The molecule has 0 saturated carbocycles. The number of nitrogen functional groups attached to an aromatic ring is 1. The number of nitrogens with zero attached hydrogens (tertiary/aromatic N) is 3. The molecule has 8 nitrogen and oxygen atoms in total. The first kappa shape index (κ1) is 13.6. The summed E-state index contributed by atoms with van der Waals surface area (Å²) in [4.78, 5) is 17.6. The molecule has 0 spiro atoms. The number of rotatable bonds is 4. The Kier molecular flexibility index (Phi) is 3.71. The van der Waals surface area contributed by atoms with Crippen molar-refractivity contribution in [1.82, 2.24) is 9.97 Å². The number of hydrogen-bond acceptors (Lipinski definition) is 7. The van der Waals surface area contributed by atoms with Crippen molar-refractivity contribution in [1.29, 1.82) is 0 Å². The van der Waals surface area contributed by atoms with Gasteiger partial charge >= 0.3 is 0 Å². The zero-order valence-electron chi connectivity index (χ0n) is 10.3. The SMILES string of the molecule is Cc1cc(Oc2cc(NN)ncn2)c(F)cc1[N+](=O)[O-]. The van der Waals surface area contributed by atoms with Gasteiger partial charge in [0.25, 0.3) is 5.69 Å². The summed E-state index contributed by atoms with van der Waals surface area (Å²) in [5, 5.41) is 10.7. The Morgan fingerprint density at radius 3 is 2.80 bits per heavy atom. The van der Waals surface area contributed by atoms with Crippen molar-refractivity contribution in [2.45, 2.75) is 6.92 Å². The van der Waals surface area contributed by atoms with Gasteiger partial charge < -0.3 is 10.2 Å². The molecule has 0 aliphatic carbocycles. The van der Waals surface area contributed by atoms with Gasteiger partial charge in [0, 0.05) is 11.6 Å². The molecule has 0 aliphatic heterocycles. The van der Waals surface area contributed by atoms with Crippen LogP contribution in [0.2, 0.25) is 0 Å². The van der Waals surface area contributed by atoms with Gasteiger partial charge in [0.05, 0.1) is 11.0 Å². The van der Waals surface area contributed by atoms with Crippen molar-refractivity contribution in [3.05, 3.63) is 46.0 Å². The molecule has 2 rings (SSSR count). The molecule has 1 aromatic carbocycles. The number of nitrogens with one attached hydrogen (secondary N) is 1. The number of nitro benzene ring substituents is 1. The Morgan fingerprint density at radius 2 is 2.15 bits per heavy atom. The average Bonchev–Trinajstić information content (AvgIpc) is 2.42. The summed E-state index contributed by atoms with van der Waals surface area (Å²) in [5.41, 5.74) is 2.25. The second-order valence-electron chi connectivity index (χ2n) is 3.81. The third kappa shape index (κ3) is 2.78. The van der Waals surface area contributed by atoms with Crippen LogP contribution in [0.25, 0.3) is 0 Å². The van der Waals surface area contributed by atoms with Gasteiger partial charge in [-0.1, -0.05) is 0 Å². The van der Waals surface area contributed by atoms with E-state index in [2.05, 4.69) is 15.4 Å². The lowest BCUT2D eigenvalue weighted by molar-refractivity contribution is -0.385. The largest absolute Gasteiger partial charge is 0.436 e. The maximum Gasteiger partial charge on any atom is 0.275 e. The average molecular weight is 279 g/mol. The third-order valence-electron chi connectivity index (χ3n) is 2.45. The van der Waals surface area contributed by atoms with Gasteiger partial charge in [-0.3, -0.25) is 10.1 Å². The lowest BCUT2D eigenvalue weighted by Gasteiger charge is -2.07. The quantitative estimate of drug-likeness (QED) is 0.498. The standard InChI is InChI=1S/C11H10FN5O3/c1-6-2-9(7(12)3-8(6)17(18)19)20-11-4-10(16-13)14-5-15-11/h2-5H,13H2,1H3,(H,14,15,16). The van der Waals surface area contributed by atoms with Crippen LogP contribution in [-0.2, 0) is 0 Å². The third-order valence-corrected chi connectivity index (χ3v) is 2.45. The molecule has 3 N–H and O–H groups in total. The molecule has 0 atom stereocenters. The number of aromatic nitrogens is 2. The molecule has 1 heterocycles. The predicted octanol–water partition coefficient (Wildman–Crippen LogP) is 1.91. The normalized spacial score (nSPS) is 10.2. The van der Waals surface area contributed by atoms with Crippen LogP contribution >= 0.6 is 0 Å². The Morgan fingerprint density at radius 1 is 1.40 bits per heavy atom. The first-order chi connectivity index (χ1) is 9.51. The minimum absolute atomic E-state index is 0.0557. The Bertz CT molecular complexity index is 665. The monoisotopic (exact) mass is 279 g/mol. The molecule has 104 valence electrons. The van der Waals surface area contributed by atoms with E-state index in [-0.39, 0.29) is 28.7 Å². The smallest absolute Gasteiger partial charge is 0.275 e. The molecule has 0 aliphatic rings. The lowest BCUT2D eigenvalue weighted by atomic mass is 10.2. The molecular formula is C11H10FN5O3. The summed E-state index contributed by atoms with van der Waals surface area (Å²) in [7, 11) is 0. The lowest BCUT2D eigenvalue weighted by Crippen LogP contribution is -2.08. The summed E-state index contributed by atoms with van der Waals surface area (Å²) < 4.78 is 19.0. The van der Waals surface area contributed by atoms with E-state index in [9.17, 15) is 14.5 Å². The second-order valence-corrected chi connectivity index (χ2v) is 3.81. The molecule has 0 bridgehead atoms. The fourth-order valence-corrected chi connectivity index (χ4v) is 1.51. The highest BCUT2D eigenvalue weighted by Gasteiger charge is 2.17. The minimum Gasteiger partial charge on any atom is -0.436 e. The zero-order chi connectivity index (χ0) is 14.7. The van der Waals surface area contributed by atoms with Gasteiger partial charge in [0.1, 0.15) is 12.1 Å². The highest BCUT2D eigenvalue weighted by molar-refractivity contribution is 5.46. The van der Waals surface area contributed by atoms with Crippen LogP contribution in [0.4, 0.5) is 15.9 Å². The van der Waals surface area contributed by atoms with Crippen LogP contribution in [0.1, 0.15) is 5.56 Å². The van der Waals surface area contributed by atoms with E-state index in [4.69, 9.17) is 10.6 Å². The Hall–Kier alpha value is -2.81. The summed E-state index contributed by atoms with van der Waals surface area (Å²) in [6.07, 6.45) is 1.18. The van der Waals surface area contributed by atoms with E-state index in [0.717, 1.165) is 6.07 Å². The van der Waals surface area contributed by atoms with Crippen LogP contribution in [0.5, 0.6) is 11.6 Å². The first-order valence-corrected chi connectivity index (χ1v) is 5.42. The van der Waals surface area contributed by atoms with Crippen molar-refractivity contribution in [3.63, 3.8) is 0 Å². The maximum atomic E-state index is 13.7. The van der Waals surface area contributed by atoms with Crippen molar-refractivity contribution in [2.24, 2.45) is 5.84 Å². The fourth-order valence-electron chi connectivity index (χ4n) is 1.51. The van der Waals surface area contributed by atoms with E-state index < -0.39 is 10.7 Å². The summed E-state index contributed by atoms with van der Waals surface area (Å²) >= 11 is 0. The zero-order valence-corrected chi connectivity index (χ0v) is 10.3. The topological polar surface area (TPSA) is 116 Å². The number of nitrogens with two attached hydrogens (primary N) is 1. The van der Waals surface area contributed by atoms with Crippen LogP contribution in [-0.4, -0.2) is 14.9 Å². The van der Waals surface area contributed by atoms with Crippen molar-refractivity contribution < 1.29 is 14.1 Å². The number of benzene rings is 1. The number of nitro groups is 1. The Balaban J connectivity index is 2.34. The number of halogens is 1. The van der Waals surface area contributed by atoms with Gasteiger partial charge in [-0.25, -0.2) is 20.2 Å². The minimum atomic E-state index is -0.858. The molecule has 0 unspecified atom stereocenters. The van der Waals surface area contributed by atoms with Crippen molar-refractivity contribution >= 4 is 11.5 Å². The molecular weight excluding hydrogens is 269 g/mol. The molecule has 0 saturated heterocycles. The molecule has 0 amide bonds. The first-order valence-electron chi connectivity index (χ1n) is 5.42. The molecule has 20 heavy (non-hydrogen) atoms. The number of hydrogen-bond donors (Lipinski definition) is 2. The van der Waals surface area contributed by atoms with Gasteiger partial charge in [-0.05, 0) is 13.0 Å². The summed E-state index contributed by atoms with van der Waals surface area (Å²) in [6, 6.07) is 3.38. The van der Waals surface area contributed by atoms with Crippen molar-refractivity contribution in [2.75, 3.05) is 5.43 Å². The number of aryl methyl sites for hydroxylation is 1. The van der Waals surface area contributed by atoms with E-state index >= 15 is 0 Å². The highest BCUT2D eigenvalue weighted by Crippen LogP contribution is 2.30. The van der Waals surface area contributed by atoms with Crippen LogP contribution < -0.4 is 16.0 Å². The predicted molar refractivity (Wildman–Crippen MR) is 67.7 cm³/mol. The van der Waals surface area contributed by atoms with E-state index in [1.165, 1.54) is 25.4 Å². The highest BCUT2D eigenvalue weighted by atomic mass is 19.1. The maximum absolute atomic E-state index is 13.7. The number of anilines is 1. The Labute approximate surface area is 112 Å². The van der Waals surface area contributed by atoms with Gasteiger partial charge in [0.2, 0.25) is 5.88 Å². The molecule has 0 fully saturated rings. The fraction of sp³-hybridized carbons (Fsp3) is 0.0909. The molecule has 9 heteroatoms. The van der Waals surface area contributed by atoms with Crippen LogP contribution in [0.15, 0.2) is 24.5 Å². The second kappa shape index (κ2) is 5.45. The number of hydrazine groups is 1. The molecule has 2 aromatic rings. The van der Waals surface area contributed by atoms with E-state index in [0.29, 0.717) is 0 Å². The molecule has 0 radical (unpaired) electrons. The van der Waals surface area contributed by atoms with Gasteiger partial charge in [-0.15, -0.1) is 0 Å². The van der Waals surface area contributed by atoms with E-state index in [1.807, 2.05) is 0 Å². The summed E-state index contributed by atoms with van der Waals surface area (Å²) in [5.74, 6) is 4.49.